The quantitative estimate of drug-likeness (QED) is 0.710. The minimum absolute atomic E-state index is 0.0795. The van der Waals surface area contributed by atoms with Crippen molar-refractivity contribution in [2.45, 2.75) is 25.2 Å². The lowest BCUT2D eigenvalue weighted by Gasteiger charge is -2.39. The van der Waals surface area contributed by atoms with E-state index >= 15 is 0 Å². The molecule has 1 saturated heterocycles. The zero-order chi connectivity index (χ0) is 21.5. The van der Waals surface area contributed by atoms with Gasteiger partial charge in [0.2, 0.25) is 0 Å². The fourth-order valence-electron chi connectivity index (χ4n) is 2.85. The average Bonchev–Trinajstić information content (AvgIpc) is 3.05. The third-order valence-corrected chi connectivity index (χ3v) is 4.45. The van der Waals surface area contributed by atoms with Gasteiger partial charge in [-0.25, -0.2) is 13.9 Å². The zero-order valence-corrected chi connectivity index (χ0v) is 14.8. The van der Waals surface area contributed by atoms with E-state index in [1.807, 2.05) is 0 Å². The molecule has 1 fully saturated rings. The van der Waals surface area contributed by atoms with E-state index in [0.29, 0.717) is 0 Å². The van der Waals surface area contributed by atoms with Crippen molar-refractivity contribution in [3.05, 3.63) is 40.7 Å². The maximum atomic E-state index is 14.5. The predicted molar refractivity (Wildman–Crippen MR) is 89.4 cm³/mol. The third-order valence-electron chi connectivity index (χ3n) is 4.45. The number of pyridine rings is 1. The van der Waals surface area contributed by atoms with Gasteiger partial charge in [-0.3, -0.25) is 19.1 Å². The van der Waals surface area contributed by atoms with Crippen molar-refractivity contribution >= 4 is 17.7 Å². The SMILES string of the molecule is CC1([C@@H](O)C(=O)O)OCCN(c2nn(-c3ccc(=O)n(C(F)F)c3)cc2F)C1=O. The third kappa shape index (κ3) is 3.49. The number of aliphatic carboxylic acids is 1. The smallest absolute Gasteiger partial charge is 0.336 e. The van der Waals surface area contributed by atoms with Crippen LogP contribution in [0.15, 0.2) is 29.3 Å². The Morgan fingerprint density at radius 2 is 2.00 bits per heavy atom. The Kier molecular flexibility index (Phi) is 5.19. The number of alkyl halides is 2. The Morgan fingerprint density at radius 3 is 2.62 bits per heavy atom. The first-order valence-corrected chi connectivity index (χ1v) is 8.19. The molecule has 1 unspecified atom stereocenters. The van der Waals surface area contributed by atoms with Crippen molar-refractivity contribution < 1.29 is 37.7 Å². The number of hydrogen-bond donors (Lipinski definition) is 2. The minimum atomic E-state index is -3.12. The number of morpholine rings is 1. The van der Waals surface area contributed by atoms with E-state index in [-0.39, 0.29) is 23.4 Å². The summed E-state index contributed by atoms with van der Waals surface area (Å²) in [7, 11) is 0. The number of anilines is 1. The second-order valence-corrected chi connectivity index (χ2v) is 6.31. The van der Waals surface area contributed by atoms with Gasteiger partial charge in [0, 0.05) is 12.3 Å². The monoisotopic (exact) mass is 416 g/mol. The molecule has 2 N–H and O–H groups in total. The van der Waals surface area contributed by atoms with Gasteiger partial charge in [-0.05, 0) is 13.0 Å². The van der Waals surface area contributed by atoms with Crippen LogP contribution >= 0.6 is 0 Å². The molecule has 0 saturated carbocycles. The van der Waals surface area contributed by atoms with Gasteiger partial charge < -0.3 is 14.9 Å². The molecule has 2 aromatic heterocycles. The first kappa shape index (κ1) is 20.5. The number of aromatic nitrogens is 3. The Balaban J connectivity index is 1.99. The van der Waals surface area contributed by atoms with E-state index < -0.39 is 47.3 Å². The highest BCUT2D eigenvalue weighted by Gasteiger charge is 2.51. The highest BCUT2D eigenvalue weighted by molar-refractivity contribution is 6.02. The van der Waals surface area contributed by atoms with Gasteiger partial charge in [-0.2, -0.15) is 8.78 Å². The summed E-state index contributed by atoms with van der Waals surface area (Å²) in [4.78, 5) is 36.0. The molecular weight excluding hydrogens is 401 g/mol. The van der Waals surface area contributed by atoms with Crippen molar-refractivity contribution in [1.82, 2.24) is 14.3 Å². The zero-order valence-electron chi connectivity index (χ0n) is 14.8. The molecule has 0 aromatic carbocycles. The summed E-state index contributed by atoms with van der Waals surface area (Å²) in [5.41, 5.74) is -3.23. The number of rotatable bonds is 5. The fourth-order valence-corrected chi connectivity index (χ4v) is 2.85. The Morgan fingerprint density at radius 1 is 1.31 bits per heavy atom. The number of carbonyl (C=O) groups is 2. The van der Waals surface area contributed by atoms with Crippen LogP contribution in [0.3, 0.4) is 0 Å². The molecule has 0 spiro atoms. The number of aliphatic hydroxyl groups is 1. The van der Waals surface area contributed by atoms with Crippen molar-refractivity contribution in [3.8, 4) is 5.69 Å². The molecule has 0 aliphatic carbocycles. The summed E-state index contributed by atoms with van der Waals surface area (Å²) in [6, 6.07) is 1.98. The van der Waals surface area contributed by atoms with Crippen LogP contribution in [0.1, 0.15) is 13.5 Å². The normalized spacial score (nSPS) is 20.9. The Labute approximate surface area is 160 Å². The number of nitrogens with zero attached hydrogens (tertiary/aromatic N) is 4. The number of carboxylic acid groups (broad SMARTS) is 1. The second-order valence-electron chi connectivity index (χ2n) is 6.31. The standard InChI is InChI=1S/C16H15F3N4O6/c1-16(11(25)13(26)27)14(28)21(4-5-29-16)12-9(17)7-23(20-12)8-2-3-10(24)22(6-8)15(18)19/h2-3,6-7,11,15,25H,4-5H2,1H3,(H,26,27)/t11-,16?/m0/s1. The van der Waals surface area contributed by atoms with Crippen LogP contribution in [0.2, 0.25) is 0 Å². The summed E-state index contributed by atoms with van der Waals surface area (Å²) in [6.07, 6.45) is -0.640. The number of aliphatic hydroxyl groups excluding tert-OH is 1. The van der Waals surface area contributed by atoms with E-state index in [0.717, 1.165) is 41.0 Å². The van der Waals surface area contributed by atoms with Crippen LogP contribution in [0.5, 0.6) is 0 Å². The van der Waals surface area contributed by atoms with Crippen LogP contribution in [0.4, 0.5) is 19.0 Å². The predicted octanol–water partition coefficient (Wildman–Crippen LogP) is 0.136. The van der Waals surface area contributed by atoms with Crippen molar-refractivity contribution in [1.29, 1.82) is 0 Å². The highest BCUT2D eigenvalue weighted by atomic mass is 19.3. The summed E-state index contributed by atoms with van der Waals surface area (Å²) in [5.74, 6) is -4.28. The van der Waals surface area contributed by atoms with Crippen molar-refractivity contribution in [2.24, 2.45) is 0 Å². The van der Waals surface area contributed by atoms with Gasteiger partial charge in [-0.15, -0.1) is 5.10 Å². The number of hydrogen-bond acceptors (Lipinski definition) is 6. The van der Waals surface area contributed by atoms with Gasteiger partial charge in [0.1, 0.15) is 0 Å². The van der Waals surface area contributed by atoms with Crippen LogP contribution in [-0.2, 0) is 14.3 Å². The van der Waals surface area contributed by atoms with E-state index in [1.54, 1.807) is 0 Å². The minimum Gasteiger partial charge on any atom is -0.479 e. The van der Waals surface area contributed by atoms with Crippen LogP contribution in [0, 0.1) is 5.82 Å². The lowest BCUT2D eigenvalue weighted by atomic mass is 9.95. The van der Waals surface area contributed by atoms with Gasteiger partial charge in [-0.1, -0.05) is 0 Å². The summed E-state index contributed by atoms with van der Waals surface area (Å²) >= 11 is 0. The summed E-state index contributed by atoms with van der Waals surface area (Å²) in [5, 5.41) is 22.7. The molecule has 156 valence electrons. The number of carboxylic acids is 1. The van der Waals surface area contributed by atoms with E-state index in [4.69, 9.17) is 9.84 Å². The van der Waals surface area contributed by atoms with Crippen LogP contribution < -0.4 is 10.5 Å². The maximum Gasteiger partial charge on any atom is 0.336 e. The molecule has 1 aliphatic rings. The topological polar surface area (TPSA) is 127 Å². The van der Waals surface area contributed by atoms with E-state index in [1.165, 1.54) is 0 Å². The maximum absolute atomic E-state index is 14.5. The van der Waals surface area contributed by atoms with Gasteiger partial charge >= 0.3 is 12.5 Å². The summed E-state index contributed by atoms with van der Waals surface area (Å²) in [6.45, 7) is -2.48. The Hall–Kier alpha value is -3.19. The van der Waals surface area contributed by atoms with E-state index in [9.17, 15) is 32.7 Å². The molecule has 0 radical (unpaired) electrons. The fraction of sp³-hybridized carbons (Fsp3) is 0.375. The average molecular weight is 416 g/mol. The number of carbonyl (C=O) groups excluding carboxylic acids is 1. The van der Waals surface area contributed by atoms with E-state index in [2.05, 4.69) is 5.10 Å². The highest BCUT2D eigenvalue weighted by Crippen LogP contribution is 2.29. The molecule has 0 bridgehead atoms. The largest absolute Gasteiger partial charge is 0.479 e. The molecular formula is C16H15F3N4O6. The van der Waals surface area contributed by atoms with Gasteiger partial charge in [0.15, 0.2) is 23.3 Å². The first-order chi connectivity index (χ1) is 13.6. The molecule has 29 heavy (non-hydrogen) atoms. The lowest BCUT2D eigenvalue weighted by Crippen LogP contribution is -2.63. The number of halogens is 3. The van der Waals surface area contributed by atoms with Crippen molar-refractivity contribution in [2.75, 3.05) is 18.1 Å². The molecule has 13 heteroatoms. The lowest BCUT2D eigenvalue weighted by molar-refractivity contribution is -0.181. The van der Waals surface area contributed by atoms with Gasteiger partial charge in [0.05, 0.1) is 25.0 Å². The second kappa shape index (κ2) is 7.33. The number of amides is 1. The number of ether oxygens (including phenoxy) is 1. The molecule has 1 amide bonds. The molecule has 3 rings (SSSR count). The molecule has 2 aromatic rings. The van der Waals surface area contributed by atoms with Crippen LogP contribution in [0.25, 0.3) is 5.69 Å². The van der Waals surface area contributed by atoms with Crippen molar-refractivity contribution in [3.63, 3.8) is 0 Å². The van der Waals surface area contributed by atoms with Crippen LogP contribution in [-0.4, -0.2) is 61.3 Å². The molecule has 2 atom stereocenters. The molecule has 10 nitrogen and oxygen atoms in total. The molecule has 1 aliphatic heterocycles. The summed E-state index contributed by atoms with van der Waals surface area (Å²) < 4.78 is 46.4. The van der Waals surface area contributed by atoms with Gasteiger partial charge in [0.25, 0.3) is 11.5 Å². The molecule has 3 heterocycles. The Bertz CT molecular complexity index is 1020. The first-order valence-electron chi connectivity index (χ1n) is 8.19.